The van der Waals surface area contributed by atoms with Gasteiger partial charge in [0.2, 0.25) is 0 Å². The summed E-state index contributed by atoms with van der Waals surface area (Å²) >= 11 is 0. The van der Waals surface area contributed by atoms with E-state index in [2.05, 4.69) is 23.5 Å². The molecule has 0 aromatic heterocycles. The Morgan fingerprint density at radius 2 is 1.81 bits per heavy atom. The summed E-state index contributed by atoms with van der Waals surface area (Å²) in [6.07, 6.45) is 2.32. The van der Waals surface area contributed by atoms with Gasteiger partial charge in [-0.15, -0.1) is 0 Å². The summed E-state index contributed by atoms with van der Waals surface area (Å²) in [6.45, 7) is 3.68. The monoisotopic (exact) mass is 506 g/mol. The molecule has 0 bridgehead atoms. The van der Waals surface area contributed by atoms with Gasteiger partial charge < -0.3 is 14.8 Å². The number of aryl methyl sites for hydroxylation is 3. The van der Waals surface area contributed by atoms with Gasteiger partial charge in [0.15, 0.2) is 6.10 Å². The Hall–Kier alpha value is -3.52. The number of nitrogens with one attached hydrogen (secondary N) is 1. The van der Waals surface area contributed by atoms with E-state index in [0.29, 0.717) is 17.2 Å². The highest BCUT2D eigenvalue weighted by Crippen LogP contribution is 2.38. The van der Waals surface area contributed by atoms with Gasteiger partial charge in [-0.2, -0.15) is 0 Å². The van der Waals surface area contributed by atoms with Crippen LogP contribution in [0.15, 0.2) is 65.6 Å². The normalized spacial score (nSPS) is 17.5. The predicted octanol–water partition coefficient (Wildman–Crippen LogP) is 4.33. The Kier molecular flexibility index (Phi) is 6.38. The predicted molar refractivity (Wildman–Crippen MR) is 138 cm³/mol. The maximum atomic E-state index is 13.7. The summed E-state index contributed by atoms with van der Waals surface area (Å²) in [4.78, 5) is 13.4. The van der Waals surface area contributed by atoms with E-state index in [1.54, 1.807) is 24.3 Å². The fourth-order valence-corrected chi connectivity index (χ4v) is 6.32. The number of methoxy groups -OCH3 is 1. The van der Waals surface area contributed by atoms with Crippen molar-refractivity contribution in [1.29, 1.82) is 0 Å². The molecule has 1 N–H and O–H groups in total. The van der Waals surface area contributed by atoms with Crippen molar-refractivity contribution in [2.24, 2.45) is 0 Å². The average Bonchev–Trinajstić information content (AvgIpc) is 3.36. The summed E-state index contributed by atoms with van der Waals surface area (Å²) in [7, 11) is -2.43. The third-order valence-electron chi connectivity index (χ3n) is 6.91. The van der Waals surface area contributed by atoms with Gasteiger partial charge in [-0.25, -0.2) is 8.42 Å². The highest BCUT2D eigenvalue weighted by Gasteiger charge is 2.38. The van der Waals surface area contributed by atoms with Gasteiger partial charge in [-0.3, -0.25) is 9.10 Å². The number of amides is 1. The molecule has 0 saturated heterocycles. The molecule has 0 saturated carbocycles. The van der Waals surface area contributed by atoms with Crippen LogP contribution in [-0.2, 0) is 27.7 Å². The standard InChI is InChI=1S/C28H30N2O5S/c1-18-7-14-26-25(15-18)30(36(32,33)24-12-10-23(34-3)11-13-24)17-27(35-26)28(31)29-19(2)21-9-8-20-5-4-6-22(20)16-21/h7-16,19,27H,4-6,17H2,1-3H3,(H,29,31)/t19-,27-/m0/s1. The number of fused-ring (bicyclic) bond motifs is 2. The number of anilines is 1. The molecule has 188 valence electrons. The number of sulfonamides is 1. The van der Waals surface area contributed by atoms with E-state index in [4.69, 9.17) is 9.47 Å². The van der Waals surface area contributed by atoms with Crippen molar-refractivity contribution in [1.82, 2.24) is 5.32 Å². The van der Waals surface area contributed by atoms with Crippen LogP contribution in [0.3, 0.4) is 0 Å². The second-order valence-electron chi connectivity index (χ2n) is 9.40. The fourth-order valence-electron chi connectivity index (χ4n) is 4.85. The van der Waals surface area contributed by atoms with Gasteiger partial charge in [0.05, 0.1) is 30.3 Å². The van der Waals surface area contributed by atoms with Crippen LogP contribution in [0.25, 0.3) is 0 Å². The summed E-state index contributed by atoms with van der Waals surface area (Å²) in [5, 5.41) is 3.02. The van der Waals surface area contributed by atoms with E-state index in [0.717, 1.165) is 30.4 Å². The van der Waals surface area contributed by atoms with Crippen LogP contribution in [-0.4, -0.2) is 34.1 Å². The lowest BCUT2D eigenvalue weighted by molar-refractivity contribution is -0.128. The lowest BCUT2D eigenvalue weighted by atomic mass is 10.0. The molecule has 7 nitrogen and oxygen atoms in total. The van der Waals surface area contributed by atoms with Crippen LogP contribution in [0.1, 0.15) is 41.6 Å². The lowest BCUT2D eigenvalue weighted by Crippen LogP contribution is -2.51. The molecule has 1 aliphatic carbocycles. The maximum absolute atomic E-state index is 13.7. The van der Waals surface area contributed by atoms with Crippen molar-refractivity contribution in [3.8, 4) is 11.5 Å². The van der Waals surface area contributed by atoms with Gasteiger partial charge in [0, 0.05) is 0 Å². The molecule has 2 aliphatic rings. The third kappa shape index (κ3) is 4.53. The Balaban J connectivity index is 1.41. The van der Waals surface area contributed by atoms with Gasteiger partial charge in [0.25, 0.3) is 15.9 Å². The Bertz CT molecular complexity index is 1400. The van der Waals surface area contributed by atoms with Crippen molar-refractivity contribution in [2.45, 2.75) is 50.2 Å². The van der Waals surface area contributed by atoms with Crippen LogP contribution >= 0.6 is 0 Å². The number of carbonyl (C=O) groups excluding carboxylic acids is 1. The zero-order valence-electron chi connectivity index (χ0n) is 20.7. The molecule has 1 amide bonds. The van der Waals surface area contributed by atoms with Crippen LogP contribution in [0, 0.1) is 6.92 Å². The molecular weight excluding hydrogens is 476 g/mol. The summed E-state index contributed by atoms with van der Waals surface area (Å²) in [6, 6.07) is 17.6. The van der Waals surface area contributed by atoms with Crippen LogP contribution in [0.2, 0.25) is 0 Å². The number of hydrogen-bond donors (Lipinski definition) is 1. The molecule has 5 rings (SSSR count). The first-order chi connectivity index (χ1) is 17.3. The van der Waals surface area contributed by atoms with E-state index in [1.165, 1.54) is 34.7 Å². The first-order valence-electron chi connectivity index (χ1n) is 12.1. The second-order valence-corrected chi connectivity index (χ2v) is 11.3. The molecule has 36 heavy (non-hydrogen) atoms. The maximum Gasteiger partial charge on any atom is 0.264 e. The van der Waals surface area contributed by atoms with E-state index in [1.807, 2.05) is 19.9 Å². The number of hydrogen-bond acceptors (Lipinski definition) is 5. The van der Waals surface area contributed by atoms with Crippen molar-refractivity contribution in [3.05, 3.63) is 82.9 Å². The van der Waals surface area contributed by atoms with Gasteiger partial charge in [-0.1, -0.05) is 24.3 Å². The molecule has 2 atom stereocenters. The molecule has 1 aliphatic heterocycles. The fraction of sp³-hybridized carbons (Fsp3) is 0.321. The SMILES string of the molecule is COc1ccc(S(=O)(=O)N2C[C@@H](C(=O)N[C@@H](C)c3ccc4c(c3)CCC4)Oc3ccc(C)cc32)cc1. The summed E-state index contributed by atoms with van der Waals surface area (Å²) in [5.74, 6) is 0.559. The zero-order chi connectivity index (χ0) is 25.4. The molecule has 0 radical (unpaired) electrons. The van der Waals surface area contributed by atoms with Gasteiger partial charge >= 0.3 is 0 Å². The first-order valence-corrected chi connectivity index (χ1v) is 13.6. The smallest absolute Gasteiger partial charge is 0.264 e. The van der Waals surface area contributed by atoms with Gasteiger partial charge in [-0.05, 0) is 91.8 Å². The quantitative estimate of drug-likeness (QED) is 0.538. The van der Waals surface area contributed by atoms with Crippen molar-refractivity contribution < 1.29 is 22.7 Å². The number of benzene rings is 3. The molecule has 1 heterocycles. The van der Waals surface area contributed by atoms with Crippen LogP contribution in [0.4, 0.5) is 5.69 Å². The van der Waals surface area contributed by atoms with E-state index < -0.39 is 16.1 Å². The number of carbonyl (C=O) groups is 1. The molecule has 0 fully saturated rings. The minimum Gasteiger partial charge on any atom is -0.497 e. The van der Waals surface area contributed by atoms with Crippen molar-refractivity contribution in [2.75, 3.05) is 18.0 Å². The first kappa shape index (κ1) is 24.2. The van der Waals surface area contributed by atoms with E-state index in [9.17, 15) is 13.2 Å². The molecule has 0 unspecified atom stereocenters. The number of ether oxygens (including phenoxy) is 2. The minimum absolute atomic E-state index is 0.114. The van der Waals surface area contributed by atoms with Crippen molar-refractivity contribution in [3.63, 3.8) is 0 Å². The molecule has 0 spiro atoms. The zero-order valence-corrected chi connectivity index (χ0v) is 21.5. The third-order valence-corrected chi connectivity index (χ3v) is 8.70. The average molecular weight is 507 g/mol. The Morgan fingerprint density at radius 1 is 1.06 bits per heavy atom. The molecule has 3 aromatic rings. The lowest BCUT2D eigenvalue weighted by Gasteiger charge is -2.35. The van der Waals surface area contributed by atoms with Crippen molar-refractivity contribution >= 4 is 21.6 Å². The minimum atomic E-state index is -3.95. The number of nitrogens with zero attached hydrogens (tertiary/aromatic N) is 1. The highest BCUT2D eigenvalue weighted by molar-refractivity contribution is 7.92. The Labute approximate surface area is 212 Å². The molecule has 8 heteroatoms. The topological polar surface area (TPSA) is 84.9 Å². The largest absolute Gasteiger partial charge is 0.497 e. The van der Waals surface area contributed by atoms with Gasteiger partial charge in [0.1, 0.15) is 11.5 Å². The van der Waals surface area contributed by atoms with E-state index in [-0.39, 0.29) is 23.4 Å². The van der Waals surface area contributed by atoms with Crippen LogP contribution < -0.4 is 19.1 Å². The van der Waals surface area contributed by atoms with Crippen LogP contribution in [0.5, 0.6) is 11.5 Å². The summed E-state index contributed by atoms with van der Waals surface area (Å²) in [5.41, 5.74) is 5.04. The molecular formula is C28H30N2O5S. The summed E-state index contributed by atoms with van der Waals surface area (Å²) < 4.78 is 39.8. The second kappa shape index (κ2) is 9.50. The highest BCUT2D eigenvalue weighted by atomic mass is 32.2. The Morgan fingerprint density at radius 3 is 2.56 bits per heavy atom. The van der Waals surface area contributed by atoms with E-state index >= 15 is 0 Å². The molecule has 3 aromatic carbocycles. The number of rotatable bonds is 6.